The molecule has 2 aliphatic carbocycles. The molecule has 0 heterocycles. The number of allylic oxidation sites excluding steroid dienone is 7. The fraction of sp³-hybridized carbons (Fsp3) is 0.548. The van der Waals surface area contributed by atoms with Gasteiger partial charge in [-0.05, 0) is 73.8 Å². The van der Waals surface area contributed by atoms with Crippen molar-refractivity contribution >= 4 is 7.85 Å². The van der Waals surface area contributed by atoms with Gasteiger partial charge in [0.1, 0.15) is 19.7 Å². The standard InChI is InChI=1S/C31H43BO/c1-8-25(9-2)23(6)16-22(5)24(7)28-19-30(32)31(15-11-13-20(28)3)33-27-17-26-14-10-12-21(4)29(26)18-27/h10,12,14-16,19,23-25,27H,8-9,11,13,17-18H2,1-7H3. The van der Waals surface area contributed by atoms with E-state index in [2.05, 4.69) is 84.9 Å². The van der Waals surface area contributed by atoms with E-state index in [1.807, 2.05) is 0 Å². The van der Waals surface area contributed by atoms with Crippen LogP contribution in [0.4, 0.5) is 0 Å². The number of rotatable bonds is 8. The van der Waals surface area contributed by atoms with Gasteiger partial charge in [-0.2, -0.15) is 0 Å². The molecule has 33 heavy (non-hydrogen) atoms. The van der Waals surface area contributed by atoms with Crippen LogP contribution in [0.15, 0.2) is 64.4 Å². The monoisotopic (exact) mass is 442 g/mol. The zero-order valence-electron chi connectivity index (χ0n) is 22.0. The van der Waals surface area contributed by atoms with Gasteiger partial charge in [-0.15, -0.1) is 0 Å². The van der Waals surface area contributed by atoms with Gasteiger partial charge < -0.3 is 4.74 Å². The summed E-state index contributed by atoms with van der Waals surface area (Å²) in [6.45, 7) is 16.1. The van der Waals surface area contributed by atoms with E-state index in [0.29, 0.717) is 11.8 Å². The molecule has 2 radical (unpaired) electrons. The van der Waals surface area contributed by atoms with Crippen LogP contribution in [0.25, 0.3) is 0 Å². The second-order valence-corrected chi connectivity index (χ2v) is 10.4. The van der Waals surface area contributed by atoms with Gasteiger partial charge in [0.25, 0.3) is 0 Å². The topological polar surface area (TPSA) is 9.23 Å². The summed E-state index contributed by atoms with van der Waals surface area (Å²) in [5.74, 6) is 2.58. The lowest BCUT2D eigenvalue weighted by molar-refractivity contribution is 0.132. The Morgan fingerprint density at radius 2 is 1.88 bits per heavy atom. The molecular weight excluding hydrogens is 399 g/mol. The highest BCUT2D eigenvalue weighted by Crippen LogP contribution is 2.34. The molecule has 3 rings (SSSR count). The van der Waals surface area contributed by atoms with E-state index in [1.165, 1.54) is 46.3 Å². The Labute approximate surface area is 204 Å². The van der Waals surface area contributed by atoms with Crippen LogP contribution in [0.5, 0.6) is 0 Å². The summed E-state index contributed by atoms with van der Waals surface area (Å²) < 4.78 is 6.52. The second-order valence-electron chi connectivity index (χ2n) is 10.4. The predicted molar refractivity (Wildman–Crippen MR) is 143 cm³/mol. The second kappa shape index (κ2) is 11.5. The first-order valence-corrected chi connectivity index (χ1v) is 13.0. The zero-order valence-corrected chi connectivity index (χ0v) is 22.0. The quantitative estimate of drug-likeness (QED) is 0.291. The Morgan fingerprint density at radius 3 is 2.55 bits per heavy atom. The predicted octanol–water partition coefficient (Wildman–Crippen LogP) is 8.18. The lowest BCUT2D eigenvalue weighted by atomic mass is 9.80. The Hall–Kier alpha value is -1.96. The summed E-state index contributed by atoms with van der Waals surface area (Å²) in [7, 11) is 6.66. The van der Waals surface area contributed by atoms with Gasteiger partial charge in [0, 0.05) is 18.8 Å². The van der Waals surface area contributed by atoms with Gasteiger partial charge in [0.15, 0.2) is 0 Å². The first-order valence-electron chi connectivity index (χ1n) is 13.0. The van der Waals surface area contributed by atoms with Crippen molar-refractivity contribution in [3.63, 3.8) is 0 Å². The summed E-state index contributed by atoms with van der Waals surface area (Å²) in [5.41, 5.74) is 9.25. The summed E-state index contributed by atoms with van der Waals surface area (Å²) >= 11 is 0. The van der Waals surface area contributed by atoms with Crippen molar-refractivity contribution in [1.29, 1.82) is 0 Å². The molecule has 2 aliphatic rings. The lowest BCUT2D eigenvalue weighted by Gasteiger charge is -2.25. The van der Waals surface area contributed by atoms with Gasteiger partial charge in [0.2, 0.25) is 0 Å². The number of hydrogen-bond acceptors (Lipinski definition) is 1. The molecule has 0 spiro atoms. The van der Waals surface area contributed by atoms with E-state index in [-0.39, 0.29) is 6.10 Å². The molecule has 0 fully saturated rings. The van der Waals surface area contributed by atoms with Crippen molar-refractivity contribution in [2.75, 3.05) is 0 Å². The molecule has 0 aliphatic heterocycles. The summed E-state index contributed by atoms with van der Waals surface area (Å²) in [5, 5.41) is 0. The Balaban J connectivity index is 1.77. The third-order valence-corrected chi connectivity index (χ3v) is 8.09. The molecular formula is C31H43BO. The van der Waals surface area contributed by atoms with Crippen LogP contribution in [0.3, 0.4) is 0 Å². The molecule has 176 valence electrons. The minimum absolute atomic E-state index is 0.173. The fourth-order valence-corrected chi connectivity index (χ4v) is 5.68. The molecule has 0 bridgehead atoms. The van der Waals surface area contributed by atoms with Gasteiger partial charge >= 0.3 is 0 Å². The first kappa shape index (κ1) is 25.7. The first-order chi connectivity index (χ1) is 15.7. The van der Waals surface area contributed by atoms with Crippen LogP contribution in [-0.4, -0.2) is 14.0 Å². The summed E-state index contributed by atoms with van der Waals surface area (Å²) in [6.07, 6.45) is 13.5. The van der Waals surface area contributed by atoms with Gasteiger partial charge in [-0.1, -0.05) is 87.5 Å². The maximum atomic E-state index is 6.66. The highest BCUT2D eigenvalue weighted by Gasteiger charge is 2.25. The largest absolute Gasteiger partial charge is 0.491 e. The van der Waals surface area contributed by atoms with Gasteiger partial charge in [-0.3, -0.25) is 0 Å². The normalized spacial score (nSPS) is 21.2. The fourth-order valence-electron chi connectivity index (χ4n) is 5.68. The van der Waals surface area contributed by atoms with Crippen molar-refractivity contribution in [2.24, 2.45) is 17.8 Å². The van der Waals surface area contributed by atoms with Crippen molar-refractivity contribution < 1.29 is 4.74 Å². The number of ether oxygens (including phenoxy) is 1. The van der Waals surface area contributed by atoms with Crippen molar-refractivity contribution in [1.82, 2.24) is 0 Å². The van der Waals surface area contributed by atoms with E-state index < -0.39 is 0 Å². The van der Waals surface area contributed by atoms with Crippen LogP contribution in [-0.2, 0) is 17.6 Å². The zero-order chi connectivity index (χ0) is 24.1. The Morgan fingerprint density at radius 1 is 1.15 bits per heavy atom. The Bertz CT molecular complexity index is 957. The van der Waals surface area contributed by atoms with Crippen molar-refractivity contribution in [2.45, 2.75) is 93.1 Å². The van der Waals surface area contributed by atoms with Crippen LogP contribution >= 0.6 is 0 Å². The molecule has 3 atom stereocenters. The number of fused-ring (bicyclic) bond motifs is 1. The van der Waals surface area contributed by atoms with E-state index in [1.54, 1.807) is 0 Å². The van der Waals surface area contributed by atoms with E-state index in [9.17, 15) is 0 Å². The lowest BCUT2D eigenvalue weighted by Crippen LogP contribution is -2.15. The van der Waals surface area contributed by atoms with E-state index in [4.69, 9.17) is 12.6 Å². The number of aryl methyl sites for hydroxylation is 1. The minimum Gasteiger partial charge on any atom is -0.491 e. The average Bonchev–Trinajstić information content (AvgIpc) is 3.20. The summed E-state index contributed by atoms with van der Waals surface area (Å²) in [4.78, 5) is 0. The highest BCUT2D eigenvalue weighted by atomic mass is 16.5. The highest BCUT2D eigenvalue weighted by molar-refractivity contribution is 6.24. The van der Waals surface area contributed by atoms with Crippen LogP contribution < -0.4 is 0 Å². The number of benzene rings is 1. The van der Waals surface area contributed by atoms with Crippen molar-refractivity contribution in [3.8, 4) is 0 Å². The molecule has 3 unspecified atom stereocenters. The van der Waals surface area contributed by atoms with Crippen LogP contribution in [0.1, 0.15) is 83.9 Å². The van der Waals surface area contributed by atoms with Crippen LogP contribution in [0, 0.1) is 24.7 Å². The third-order valence-electron chi connectivity index (χ3n) is 8.09. The van der Waals surface area contributed by atoms with Crippen LogP contribution in [0.2, 0.25) is 0 Å². The Kier molecular flexibility index (Phi) is 8.91. The van der Waals surface area contributed by atoms with Gasteiger partial charge in [-0.25, -0.2) is 0 Å². The molecule has 0 saturated carbocycles. The third kappa shape index (κ3) is 6.14. The molecule has 1 aromatic rings. The molecule has 0 amide bonds. The van der Waals surface area contributed by atoms with E-state index in [0.717, 1.165) is 42.8 Å². The molecule has 1 aromatic carbocycles. The molecule has 0 aromatic heterocycles. The maximum Gasteiger partial charge on any atom is 0.119 e. The average molecular weight is 442 g/mol. The van der Waals surface area contributed by atoms with Gasteiger partial charge in [0.05, 0.1) is 0 Å². The maximum absolute atomic E-state index is 6.66. The van der Waals surface area contributed by atoms with E-state index >= 15 is 0 Å². The van der Waals surface area contributed by atoms with Crippen molar-refractivity contribution in [3.05, 3.63) is 81.1 Å². The minimum atomic E-state index is 0.173. The summed E-state index contributed by atoms with van der Waals surface area (Å²) in [6, 6.07) is 6.59. The number of hydrogen-bond donors (Lipinski definition) is 0. The molecule has 2 heteroatoms. The smallest absolute Gasteiger partial charge is 0.119 e. The SMILES string of the molecule is [B]C1=CC(C(C)C(C)=CC(C)C(CC)CC)=C(C)CCC=C1OC1Cc2cccc(C)c2C1. The molecule has 1 nitrogen and oxygen atoms in total. The molecule has 0 saturated heterocycles. The molecule has 0 N–H and O–H groups in total.